The van der Waals surface area contributed by atoms with Gasteiger partial charge in [0.2, 0.25) is 23.6 Å². The molecule has 244 valence electrons. The average Bonchev–Trinajstić information content (AvgIpc) is 2.93. The first kappa shape index (κ1) is 37.1. The van der Waals surface area contributed by atoms with Crippen LogP contribution in [0.5, 0.6) is 0 Å². The van der Waals surface area contributed by atoms with Gasteiger partial charge in [-0.1, -0.05) is 0 Å². The zero-order chi connectivity index (χ0) is 32.2. The minimum absolute atomic E-state index is 0.0137. The molecule has 0 radical (unpaired) electrons. The second-order valence-corrected chi connectivity index (χ2v) is 9.69. The van der Waals surface area contributed by atoms with Crippen LogP contribution in [0.4, 0.5) is 0 Å². The first-order chi connectivity index (χ1) is 20.4. The molecule has 1 fully saturated rings. The number of carbonyl (C=O) groups is 7. The summed E-state index contributed by atoms with van der Waals surface area (Å²) in [7, 11) is 0. The van der Waals surface area contributed by atoms with Gasteiger partial charge in [0.15, 0.2) is 0 Å². The number of nitrogens with zero attached hydrogens (tertiary/aromatic N) is 4. The van der Waals surface area contributed by atoms with E-state index in [1.807, 2.05) is 0 Å². The maximum absolute atomic E-state index is 12.4. The Morgan fingerprint density at radius 2 is 0.698 bits per heavy atom. The smallest absolute Gasteiger partial charge is 0.234 e. The Bertz CT molecular complexity index is 920. The van der Waals surface area contributed by atoms with E-state index in [-0.39, 0.29) is 84.4 Å². The Morgan fingerprint density at radius 3 is 0.907 bits per heavy atom. The molecule has 0 aromatic heterocycles. The van der Waals surface area contributed by atoms with Crippen LogP contribution in [0.1, 0.15) is 0 Å². The molecule has 1 aliphatic rings. The maximum atomic E-state index is 12.4. The molecule has 0 bridgehead atoms. The van der Waals surface area contributed by atoms with Crippen LogP contribution in [0, 0.1) is 0 Å². The molecule has 19 nitrogen and oxygen atoms in total. The van der Waals surface area contributed by atoms with Crippen LogP contribution >= 0.6 is 0 Å². The Balaban J connectivity index is 3.11. The molecule has 1 heterocycles. The fraction of sp³-hybridized carbons (Fsp3) is 0.708. The third-order valence-electron chi connectivity index (χ3n) is 6.15. The van der Waals surface area contributed by atoms with Crippen LogP contribution in [-0.4, -0.2) is 172 Å². The molecule has 0 saturated carbocycles. The molecule has 19 heteroatoms. The summed E-state index contributed by atoms with van der Waals surface area (Å²) in [6.45, 7) is -0.0975. The van der Waals surface area contributed by atoms with E-state index in [1.165, 1.54) is 0 Å². The second kappa shape index (κ2) is 20.9. The van der Waals surface area contributed by atoms with Crippen molar-refractivity contribution in [3.63, 3.8) is 0 Å². The van der Waals surface area contributed by atoms with Gasteiger partial charge in [-0.25, -0.2) is 0 Å². The second-order valence-electron chi connectivity index (χ2n) is 9.69. The SMILES string of the molecule is NCCNC(=O)CN1CCN(CC(=O)NCC(=O)[O-])CCN(CC(=O)NCC(=O)[O-])CCN(CC(=O)NCC(=O)[O-])CC1. The summed E-state index contributed by atoms with van der Waals surface area (Å²) in [6.07, 6.45) is 0. The Kier molecular flexibility index (Phi) is 18.0. The first-order valence-electron chi connectivity index (χ1n) is 13.6. The highest BCUT2D eigenvalue weighted by Gasteiger charge is 2.21. The van der Waals surface area contributed by atoms with Crippen molar-refractivity contribution in [3.05, 3.63) is 0 Å². The summed E-state index contributed by atoms with van der Waals surface area (Å²) >= 11 is 0. The molecule has 0 unspecified atom stereocenters. The zero-order valence-corrected chi connectivity index (χ0v) is 24.0. The quantitative estimate of drug-likeness (QED) is 0.108. The number of carboxylic acid groups (broad SMARTS) is 3. The molecule has 0 aliphatic carbocycles. The monoisotopic (exact) mass is 614 g/mol. The van der Waals surface area contributed by atoms with Crippen LogP contribution < -0.4 is 42.3 Å². The lowest BCUT2D eigenvalue weighted by molar-refractivity contribution is -0.305. The number of aliphatic carboxylic acids is 3. The summed E-state index contributed by atoms with van der Waals surface area (Å²) in [5, 5.41) is 41.6. The van der Waals surface area contributed by atoms with Gasteiger partial charge in [-0.3, -0.25) is 38.8 Å². The van der Waals surface area contributed by atoms with Crippen molar-refractivity contribution in [2.75, 3.05) is 111 Å². The highest BCUT2D eigenvalue weighted by Crippen LogP contribution is 2.02. The number of amides is 4. The van der Waals surface area contributed by atoms with E-state index in [2.05, 4.69) is 21.3 Å². The summed E-state index contributed by atoms with van der Waals surface area (Å²) in [5.74, 6) is -6.41. The van der Waals surface area contributed by atoms with Gasteiger partial charge < -0.3 is 56.7 Å². The van der Waals surface area contributed by atoms with Crippen LogP contribution in [0.15, 0.2) is 0 Å². The lowest BCUT2D eigenvalue weighted by Crippen LogP contribution is -2.52. The number of carboxylic acids is 3. The highest BCUT2D eigenvalue weighted by molar-refractivity contribution is 5.83. The van der Waals surface area contributed by atoms with Crippen LogP contribution in [-0.2, 0) is 33.6 Å². The van der Waals surface area contributed by atoms with Gasteiger partial charge in [0, 0.05) is 65.4 Å². The summed E-state index contributed by atoms with van der Waals surface area (Å²) in [6, 6.07) is 0. The van der Waals surface area contributed by atoms with Gasteiger partial charge in [0.25, 0.3) is 0 Å². The van der Waals surface area contributed by atoms with E-state index in [0.717, 1.165) is 0 Å². The average molecular weight is 615 g/mol. The largest absolute Gasteiger partial charge is 0.548 e. The van der Waals surface area contributed by atoms with Crippen LogP contribution in [0.3, 0.4) is 0 Å². The van der Waals surface area contributed by atoms with E-state index < -0.39 is 55.3 Å². The molecule has 1 rings (SSSR count). The molecule has 0 aromatic rings. The minimum Gasteiger partial charge on any atom is -0.548 e. The summed E-state index contributed by atoms with van der Waals surface area (Å²) in [5.41, 5.74) is 5.46. The van der Waals surface area contributed by atoms with Crippen molar-refractivity contribution in [2.24, 2.45) is 5.73 Å². The number of nitrogens with two attached hydrogens (primary N) is 1. The Morgan fingerprint density at radius 1 is 0.465 bits per heavy atom. The molecule has 0 atom stereocenters. The van der Waals surface area contributed by atoms with Gasteiger partial charge in [0.05, 0.1) is 63.7 Å². The highest BCUT2D eigenvalue weighted by atomic mass is 16.4. The topological polar surface area (TPSA) is 276 Å². The third-order valence-corrected chi connectivity index (χ3v) is 6.15. The van der Waals surface area contributed by atoms with Crippen molar-refractivity contribution in [1.82, 2.24) is 40.9 Å². The lowest BCUT2D eigenvalue weighted by Gasteiger charge is -2.33. The van der Waals surface area contributed by atoms with Crippen LogP contribution in [0.25, 0.3) is 0 Å². The van der Waals surface area contributed by atoms with Crippen molar-refractivity contribution in [1.29, 1.82) is 0 Å². The molecule has 6 N–H and O–H groups in total. The molecular weight excluding hydrogens is 574 g/mol. The van der Waals surface area contributed by atoms with Gasteiger partial charge >= 0.3 is 0 Å². The molecule has 0 aromatic carbocycles. The molecule has 4 amide bonds. The predicted molar refractivity (Wildman–Crippen MR) is 142 cm³/mol. The van der Waals surface area contributed by atoms with Gasteiger partial charge in [-0.15, -0.1) is 0 Å². The number of carbonyl (C=O) groups excluding carboxylic acids is 7. The molecule has 43 heavy (non-hydrogen) atoms. The number of hydrogen-bond donors (Lipinski definition) is 5. The van der Waals surface area contributed by atoms with Crippen LogP contribution in [0.2, 0.25) is 0 Å². The van der Waals surface area contributed by atoms with E-state index in [0.29, 0.717) is 13.1 Å². The van der Waals surface area contributed by atoms with Gasteiger partial charge in [0.1, 0.15) is 0 Å². The Hall–Kier alpha value is -3.91. The molecule has 1 saturated heterocycles. The minimum atomic E-state index is -1.47. The number of rotatable bonds is 16. The Labute approximate surface area is 248 Å². The normalized spacial score (nSPS) is 16.2. The van der Waals surface area contributed by atoms with E-state index in [9.17, 15) is 48.9 Å². The first-order valence-corrected chi connectivity index (χ1v) is 13.6. The van der Waals surface area contributed by atoms with Crippen molar-refractivity contribution >= 4 is 41.5 Å². The standard InChI is InChI=1S/C24H43N9O10/c25-1-2-26-18(34)14-30-3-5-31(15-19(35)27-11-22(38)39)7-9-33(17-21(37)29-13-24(42)43)10-8-32(6-4-30)16-20(36)28-12-23(40)41/h1-17,25H2,(H,26,34)(H,27,35)(H,28,36)(H,29,37)(H,38,39)(H,40,41)(H,42,43)/p-3. The van der Waals surface area contributed by atoms with Gasteiger partial charge in [-0.2, -0.15) is 0 Å². The molecule has 1 aliphatic heterocycles. The summed E-state index contributed by atoms with van der Waals surface area (Å²) in [4.78, 5) is 88.6. The summed E-state index contributed by atoms with van der Waals surface area (Å²) < 4.78 is 0. The number of nitrogens with one attached hydrogen (secondary N) is 4. The fourth-order valence-corrected chi connectivity index (χ4v) is 3.97. The van der Waals surface area contributed by atoms with Crippen molar-refractivity contribution in [3.8, 4) is 0 Å². The molecular formula is C24H40N9O10-3. The van der Waals surface area contributed by atoms with E-state index in [4.69, 9.17) is 5.73 Å². The zero-order valence-electron chi connectivity index (χ0n) is 24.0. The predicted octanol–water partition coefficient (Wildman–Crippen LogP) is -10.1. The van der Waals surface area contributed by atoms with Crippen molar-refractivity contribution in [2.45, 2.75) is 0 Å². The van der Waals surface area contributed by atoms with Crippen molar-refractivity contribution < 1.29 is 48.9 Å². The number of hydrogen-bond acceptors (Lipinski definition) is 15. The fourth-order valence-electron chi connectivity index (χ4n) is 3.97. The maximum Gasteiger partial charge on any atom is 0.234 e. The lowest BCUT2D eigenvalue weighted by atomic mass is 10.3. The molecule has 0 spiro atoms. The van der Waals surface area contributed by atoms with E-state index >= 15 is 0 Å². The third kappa shape index (κ3) is 19.0. The van der Waals surface area contributed by atoms with E-state index in [1.54, 1.807) is 19.6 Å². The van der Waals surface area contributed by atoms with Gasteiger partial charge in [-0.05, 0) is 0 Å².